The lowest BCUT2D eigenvalue weighted by atomic mass is 9.86. The third kappa shape index (κ3) is 3.31. The fourth-order valence-electron chi connectivity index (χ4n) is 5.05. The highest BCUT2D eigenvalue weighted by Gasteiger charge is 2.34. The Morgan fingerprint density at radius 2 is 1.88 bits per heavy atom. The van der Waals surface area contributed by atoms with E-state index in [-0.39, 0.29) is 5.78 Å². The minimum absolute atomic E-state index is 0.00689. The third-order valence-corrected chi connectivity index (χ3v) is 6.66. The van der Waals surface area contributed by atoms with Crippen LogP contribution in [-0.4, -0.2) is 48.6 Å². The summed E-state index contributed by atoms with van der Waals surface area (Å²) in [6.07, 6.45) is 2.82. The average Bonchev–Trinajstić information content (AvgIpc) is 3.53. The summed E-state index contributed by atoms with van der Waals surface area (Å²) >= 11 is 0. The Morgan fingerprint density at radius 1 is 1.06 bits per heavy atom. The van der Waals surface area contributed by atoms with Crippen LogP contribution >= 0.6 is 0 Å². The van der Waals surface area contributed by atoms with Crippen LogP contribution in [0.25, 0.3) is 22.2 Å². The number of aromatic nitrogens is 1. The zero-order chi connectivity index (χ0) is 22.4. The molecule has 2 aromatic heterocycles. The van der Waals surface area contributed by atoms with Gasteiger partial charge >= 0.3 is 0 Å². The van der Waals surface area contributed by atoms with E-state index >= 15 is 0 Å². The molecule has 1 aliphatic carbocycles. The van der Waals surface area contributed by atoms with Crippen LogP contribution in [0.1, 0.15) is 35.0 Å². The molecule has 1 fully saturated rings. The van der Waals surface area contributed by atoms with Crippen molar-refractivity contribution in [3.05, 3.63) is 65.6 Å². The fraction of sp³-hybridized carbons (Fsp3) is 0.308. The van der Waals surface area contributed by atoms with Crippen LogP contribution in [0.4, 0.5) is 11.4 Å². The summed E-state index contributed by atoms with van der Waals surface area (Å²) in [5.41, 5.74) is 4.63. The molecule has 3 heterocycles. The normalized spacial score (nSPS) is 15.8. The van der Waals surface area contributed by atoms with E-state index in [1.165, 1.54) is 0 Å². The summed E-state index contributed by atoms with van der Waals surface area (Å²) in [7, 11) is 0. The number of hydrogen-bond acceptors (Lipinski definition) is 7. The first-order valence-electron chi connectivity index (χ1n) is 11.6. The van der Waals surface area contributed by atoms with E-state index in [1.807, 2.05) is 36.4 Å². The van der Waals surface area contributed by atoms with Gasteiger partial charge in [0, 0.05) is 43.0 Å². The number of carbonyl (C=O) groups excluding carboxylic acids is 1. The van der Waals surface area contributed by atoms with Gasteiger partial charge in [0.25, 0.3) is 0 Å². The van der Waals surface area contributed by atoms with Crippen molar-refractivity contribution in [1.82, 2.24) is 10.1 Å². The van der Waals surface area contributed by atoms with Crippen molar-refractivity contribution in [1.29, 1.82) is 0 Å². The smallest absolute Gasteiger partial charge is 0.196 e. The number of nitrogens with zero attached hydrogens (tertiary/aromatic N) is 3. The highest BCUT2D eigenvalue weighted by molar-refractivity contribution is 6.28. The number of rotatable bonds is 6. The molecular weight excluding hydrogens is 416 g/mol. The molecule has 1 saturated heterocycles. The summed E-state index contributed by atoms with van der Waals surface area (Å²) in [6, 6.07) is 13.5. The molecule has 6 rings (SSSR count). The van der Waals surface area contributed by atoms with Crippen molar-refractivity contribution in [2.45, 2.75) is 19.9 Å². The summed E-state index contributed by atoms with van der Waals surface area (Å²) in [4.78, 5) is 18.5. The summed E-state index contributed by atoms with van der Waals surface area (Å²) in [5.74, 6) is 1.47. The average molecular weight is 443 g/mol. The number of nitrogens with one attached hydrogen (secondary N) is 1. The van der Waals surface area contributed by atoms with Gasteiger partial charge < -0.3 is 19.2 Å². The Morgan fingerprint density at radius 3 is 2.64 bits per heavy atom. The molecule has 1 aliphatic heterocycles. The maximum absolute atomic E-state index is 13.6. The molecule has 4 aromatic rings. The van der Waals surface area contributed by atoms with Gasteiger partial charge in [-0.05, 0) is 31.2 Å². The Hall–Kier alpha value is -3.58. The van der Waals surface area contributed by atoms with Crippen LogP contribution in [-0.2, 0) is 6.54 Å². The monoisotopic (exact) mass is 442 g/mol. The van der Waals surface area contributed by atoms with E-state index in [4.69, 9.17) is 8.94 Å². The number of carbonyl (C=O) groups is 1. The van der Waals surface area contributed by atoms with Crippen LogP contribution in [0.2, 0.25) is 0 Å². The molecule has 0 bridgehead atoms. The van der Waals surface area contributed by atoms with E-state index in [1.54, 1.807) is 6.26 Å². The van der Waals surface area contributed by atoms with Crippen molar-refractivity contribution < 1.29 is 13.7 Å². The predicted molar refractivity (Wildman–Crippen MR) is 128 cm³/mol. The highest BCUT2D eigenvalue weighted by Crippen LogP contribution is 2.46. The summed E-state index contributed by atoms with van der Waals surface area (Å²) < 4.78 is 11.4. The lowest BCUT2D eigenvalue weighted by Crippen LogP contribution is -2.46. The van der Waals surface area contributed by atoms with Crippen molar-refractivity contribution in [3.8, 4) is 11.3 Å². The quantitative estimate of drug-likeness (QED) is 0.406. The van der Waals surface area contributed by atoms with Crippen molar-refractivity contribution in [3.63, 3.8) is 0 Å². The Kier molecular flexibility index (Phi) is 4.91. The number of anilines is 2. The molecule has 0 saturated carbocycles. The van der Waals surface area contributed by atoms with Gasteiger partial charge in [-0.15, -0.1) is 0 Å². The maximum atomic E-state index is 13.6. The number of hydrogen-bond donors (Lipinski definition) is 1. The first-order chi connectivity index (χ1) is 16.2. The Labute approximate surface area is 191 Å². The third-order valence-electron chi connectivity index (χ3n) is 6.66. The molecular formula is C26H26N4O3. The second-order valence-electron chi connectivity index (χ2n) is 8.69. The highest BCUT2D eigenvalue weighted by atomic mass is 16.5. The second-order valence-corrected chi connectivity index (χ2v) is 8.69. The van der Waals surface area contributed by atoms with E-state index < -0.39 is 0 Å². The van der Waals surface area contributed by atoms with Crippen LogP contribution in [0.15, 0.2) is 57.7 Å². The van der Waals surface area contributed by atoms with E-state index in [2.05, 4.69) is 33.3 Å². The van der Waals surface area contributed by atoms with Gasteiger partial charge in [-0.2, -0.15) is 0 Å². The van der Waals surface area contributed by atoms with Gasteiger partial charge in [0.15, 0.2) is 11.5 Å². The molecule has 33 heavy (non-hydrogen) atoms. The first kappa shape index (κ1) is 20.1. The van der Waals surface area contributed by atoms with Gasteiger partial charge in [0.2, 0.25) is 0 Å². The number of furan rings is 1. The molecule has 7 nitrogen and oxygen atoms in total. The first-order valence-corrected chi connectivity index (χ1v) is 11.6. The Balaban J connectivity index is 1.47. The largest absolute Gasteiger partial charge is 0.467 e. The van der Waals surface area contributed by atoms with Crippen LogP contribution in [0, 0.1) is 0 Å². The van der Waals surface area contributed by atoms with Crippen molar-refractivity contribution in [2.75, 3.05) is 42.9 Å². The molecule has 0 amide bonds. The molecule has 2 aliphatic rings. The van der Waals surface area contributed by atoms with Crippen molar-refractivity contribution in [2.24, 2.45) is 0 Å². The van der Waals surface area contributed by atoms with Gasteiger partial charge in [0.1, 0.15) is 11.3 Å². The molecule has 0 spiro atoms. The molecule has 0 radical (unpaired) electrons. The number of piperazine rings is 1. The topological polar surface area (TPSA) is 74.8 Å². The molecule has 2 aromatic carbocycles. The number of benzene rings is 2. The van der Waals surface area contributed by atoms with Gasteiger partial charge in [0.05, 0.1) is 29.4 Å². The van der Waals surface area contributed by atoms with E-state index in [0.29, 0.717) is 23.4 Å². The minimum Gasteiger partial charge on any atom is -0.467 e. The number of ketones is 1. The predicted octanol–water partition coefficient (Wildman–Crippen LogP) is 4.78. The van der Waals surface area contributed by atoms with Gasteiger partial charge in [-0.1, -0.05) is 36.3 Å². The summed E-state index contributed by atoms with van der Waals surface area (Å²) in [5, 5.41) is 8.73. The van der Waals surface area contributed by atoms with Gasteiger partial charge in [-0.25, -0.2) is 0 Å². The summed E-state index contributed by atoms with van der Waals surface area (Å²) in [6.45, 7) is 7.69. The van der Waals surface area contributed by atoms with E-state index in [9.17, 15) is 4.79 Å². The molecule has 0 unspecified atom stereocenters. The second kappa shape index (κ2) is 8.08. The van der Waals surface area contributed by atoms with Crippen LogP contribution < -0.4 is 10.2 Å². The molecule has 1 N–H and O–H groups in total. The lowest BCUT2D eigenvalue weighted by molar-refractivity contribution is 0.104. The van der Waals surface area contributed by atoms with Gasteiger partial charge in [-0.3, -0.25) is 9.69 Å². The molecule has 7 heteroatoms. The minimum atomic E-state index is -0.00689. The maximum Gasteiger partial charge on any atom is 0.196 e. The molecule has 0 atom stereocenters. The SMILES string of the molecule is CCCN1CCN(c2cc(NCc3ccco3)c3c4c(onc24)-c2ccccc2C3=O)CC1. The zero-order valence-electron chi connectivity index (χ0n) is 18.6. The fourth-order valence-corrected chi connectivity index (χ4v) is 5.05. The lowest BCUT2D eigenvalue weighted by Gasteiger charge is -2.36. The van der Waals surface area contributed by atoms with Crippen LogP contribution in [0.3, 0.4) is 0 Å². The number of fused-ring (bicyclic) bond motifs is 2. The molecule has 168 valence electrons. The van der Waals surface area contributed by atoms with Crippen LogP contribution in [0.5, 0.6) is 0 Å². The zero-order valence-corrected chi connectivity index (χ0v) is 18.6. The Bertz CT molecular complexity index is 1320. The van der Waals surface area contributed by atoms with Crippen molar-refractivity contribution >= 4 is 28.1 Å². The van der Waals surface area contributed by atoms with E-state index in [0.717, 1.165) is 72.7 Å². The standard InChI is InChI=1S/C26H26N4O3/c1-2-9-29-10-12-30(13-11-29)21-15-20(27-16-17-6-5-14-32-17)22-23-24(21)28-33-26(23)19-8-4-3-7-18(19)25(22)31/h3-8,14-15,27H,2,9-13,16H2,1H3.